The molecule has 122 heavy (non-hydrogen) atoms. The number of fused-ring (bicyclic) bond motifs is 4. The maximum Gasteiger partial charge on any atom is 0.246 e. The van der Waals surface area contributed by atoms with Crippen LogP contribution in [0, 0.1) is 5.92 Å². The summed E-state index contributed by atoms with van der Waals surface area (Å²) in [6.07, 6.45) is 3.17. The number of rotatable bonds is 29. The number of nitrogens with zero attached hydrogens (tertiary/aromatic N) is 4. The number of aliphatic imine (C=N–C) groups is 1. The molecule has 40 nitrogen and oxygen atoms in total. The van der Waals surface area contributed by atoms with Crippen LogP contribution in [0.25, 0.3) is 21.8 Å². The molecule has 14 amide bonds. The van der Waals surface area contributed by atoms with Crippen molar-refractivity contribution in [1.82, 2.24) is 83.2 Å². The van der Waals surface area contributed by atoms with E-state index in [9.17, 15) is 43.5 Å². The van der Waals surface area contributed by atoms with Gasteiger partial charge >= 0.3 is 0 Å². The Labute approximate surface area is 710 Å². The molecule has 5 heterocycles. The summed E-state index contributed by atoms with van der Waals surface area (Å²) < 4.78 is 0. The Kier molecular flexibility index (Phi) is 39.6. The quantitative estimate of drug-likeness (QED) is 0.0138. The van der Waals surface area contributed by atoms with Crippen LogP contribution in [0.4, 0.5) is 0 Å². The van der Waals surface area contributed by atoms with Crippen molar-refractivity contribution in [2.24, 2.45) is 56.8 Å². The molecule has 0 saturated carbocycles. The molecule has 15 atom stereocenters. The minimum Gasteiger partial charge on any atom is -0.391 e. The normalized spacial score (nSPS) is 25.5. The number of guanidine groups is 1. The summed E-state index contributed by atoms with van der Waals surface area (Å²) in [4.78, 5) is 223. The number of H-pyrrole nitrogens is 2. The summed E-state index contributed by atoms with van der Waals surface area (Å²) in [6, 6.07) is -5.61. The van der Waals surface area contributed by atoms with Crippen molar-refractivity contribution in [3.63, 3.8) is 0 Å². The van der Waals surface area contributed by atoms with Crippen molar-refractivity contribution >= 4 is 110 Å². The zero-order valence-electron chi connectivity index (χ0n) is 70.8. The van der Waals surface area contributed by atoms with E-state index in [0.29, 0.717) is 65.0 Å². The zero-order valence-corrected chi connectivity index (χ0v) is 70.8. The molecule has 7 rings (SSSR count). The number of nitrogens with two attached hydrogens (primary N) is 8. The molecule has 40 heteroatoms. The number of carbonyl (C=O) groups is 14. The average molecular weight is 1710 g/mol. The molecule has 3 aliphatic rings. The van der Waals surface area contributed by atoms with Gasteiger partial charge in [0.05, 0.1) is 6.10 Å². The SMILES string of the molecule is CC(C)C[C@@H]1NC(=O)[C@H](Cc2c[nH]c3ccccc23)NC(=O)[C@H]([C@@H](C)O)NC(=O)[C@@H]2CCCN2C(=O)[C@H]2CCCN2C(=O)[C@H](CCCCN)N(C)C(=O)[C@H](C)NC(=O)[C@H](CCN)NC(=O)[C@H](CCCN)NC(=O)[C@H](Cc2c[nH]c3ccccc23)NC(=O)[C@H](CCCN=C(N)N)NC(=O)[C@@H](CCCCN)NC(=O)[C@H](CCCN)NC(=O)[C@H](CCN)NC1=O. The van der Waals surface area contributed by atoms with Crippen LogP contribution in [0.15, 0.2) is 65.9 Å². The second-order valence-corrected chi connectivity index (χ2v) is 32.1. The largest absolute Gasteiger partial charge is 0.391 e. The van der Waals surface area contributed by atoms with Gasteiger partial charge in [0.15, 0.2) is 5.96 Å². The van der Waals surface area contributed by atoms with Gasteiger partial charge in [-0.3, -0.25) is 72.1 Å². The molecule has 0 bridgehead atoms. The van der Waals surface area contributed by atoms with Gasteiger partial charge in [0.25, 0.3) is 0 Å². The monoisotopic (exact) mass is 1710 g/mol. The highest BCUT2D eigenvalue weighted by Crippen LogP contribution is 2.29. The van der Waals surface area contributed by atoms with Crippen LogP contribution in [-0.2, 0) is 80.0 Å². The lowest BCUT2D eigenvalue weighted by Crippen LogP contribution is -2.62. The summed E-state index contributed by atoms with van der Waals surface area (Å²) in [7, 11) is 1.38. The van der Waals surface area contributed by atoms with Crippen LogP contribution in [0.5, 0.6) is 0 Å². The Hall–Kier alpha value is -10.9. The summed E-state index contributed by atoms with van der Waals surface area (Å²) in [5.41, 5.74) is 49.9. The number of likely N-dealkylation sites (N-methyl/N-ethyl adjacent to an activating group) is 1. The molecule has 0 radical (unpaired) electrons. The van der Waals surface area contributed by atoms with Crippen LogP contribution < -0.4 is 104 Å². The molecule has 2 aromatic carbocycles. The van der Waals surface area contributed by atoms with Gasteiger partial charge in [-0.05, 0) is 204 Å². The van der Waals surface area contributed by atoms with E-state index in [1.54, 1.807) is 74.8 Å². The minimum absolute atomic E-state index is 0.0338. The number of unbranched alkanes of at least 4 members (excludes halogenated alkanes) is 2. The standard InChI is InChI=1S/C82H131N25O15/c1-46(2)41-61-74(115)100-60(31-37-88)73(114)96-56(24-14-34-85)70(111)95-55(23-10-12-32-83)69(110)97-58(26-16-38-91-82(89)90)72(113)102-62(42-49-44-92-53-21-8-6-19-51(49)53)75(116)98-57(25-15-35-86)71(112)99-59(30-36-87)68(109)94-47(3)79(120)105(5)65(27-11-13-33-84)80(121)107-40-18-29-66(107)81(122)106-39-17-28-64(106)77(118)104-67(48(4)108)78(119)103-63(76(117)101-61)43-50-45-93-54-22-9-7-20-52(50)54/h6-9,19-22,44-48,55-67,92-93,108H,10-18,23-43,83-88H2,1-5H3,(H,94,109)(H,95,111)(H,96,114)(H,97,110)(H,98,116)(H,99,112)(H,100,115)(H,101,117)(H,102,113)(H,103,119)(H,104,118)(H4,89,90,91)/t47-,48+,55+,56-,57-,58-,59-,60-,61-,62-,63-,64-,65-,66+,67-/m0/s1. The van der Waals surface area contributed by atoms with E-state index in [2.05, 4.69) is 73.4 Å². The van der Waals surface area contributed by atoms with Gasteiger partial charge in [0, 0.05) is 73.7 Å². The van der Waals surface area contributed by atoms with Gasteiger partial charge < -0.3 is 134 Å². The van der Waals surface area contributed by atoms with Crippen LogP contribution in [0.2, 0.25) is 0 Å². The number of amides is 14. The third kappa shape index (κ3) is 28.3. The summed E-state index contributed by atoms with van der Waals surface area (Å²) in [6.45, 7) is 6.43. The van der Waals surface area contributed by atoms with Crippen LogP contribution >= 0.6 is 0 Å². The molecule has 0 aliphatic carbocycles. The number of carbonyl (C=O) groups excluding carboxylic acids is 14. The number of hydrogen-bond donors (Lipinski definition) is 22. The van der Waals surface area contributed by atoms with Crippen molar-refractivity contribution in [1.29, 1.82) is 0 Å². The van der Waals surface area contributed by atoms with Crippen LogP contribution in [0.3, 0.4) is 0 Å². The number of hydrogen-bond acceptors (Lipinski definition) is 22. The smallest absolute Gasteiger partial charge is 0.246 e. The maximum absolute atomic E-state index is 15.2. The molecule has 0 unspecified atom stereocenters. The van der Waals surface area contributed by atoms with Crippen molar-refractivity contribution in [2.75, 3.05) is 66.0 Å². The molecular weight excluding hydrogens is 1580 g/mol. The van der Waals surface area contributed by atoms with E-state index in [0.717, 1.165) is 0 Å². The predicted molar refractivity (Wildman–Crippen MR) is 458 cm³/mol. The summed E-state index contributed by atoms with van der Waals surface area (Å²) in [5, 5.41) is 42.7. The fourth-order valence-corrected chi connectivity index (χ4v) is 15.6. The molecule has 4 aromatic rings. The Bertz CT molecular complexity index is 4230. The number of nitrogens with one attached hydrogen (secondary N) is 13. The van der Waals surface area contributed by atoms with Gasteiger partial charge in [-0.2, -0.15) is 0 Å². The molecule has 0 spiro atoms. The number of aliphatic hydroxyl groups excluding tert-OH is 1. The van der Waals surface area contributed by atoms with Crippen molar-refractivity contribution in [2.45, 2.75) is 253 Å². The number of benzene rings is 2. The third-order valence-electron chi connectivity index (χ3n) is 22.3. The molecule has 3 saturated heterocycles. The maximum atomic E-state index is 15.2. The van der Waals surface area contributed by atoms with Crippen molar-refractivity contribution in [3.05, 3.63) is 72.1 Å². The average Bonchev–Trinajstić information content (AvgIpc) is 1.65. The van der Waals surface area contributed by atoms with E-state index in [1.165, 1.54) is 35.6 Å². The van der Waals surface area contributed by atoms with Gasteiger partial charge in [-0.1, -0.05) is 50.2 Å². The van der Waals surface area contributed by atoms with Crippen molar-refractivity contribution < 1.29 is 72.2 Å². The zero-order chi connectivity index (χ0) is 89.3. The lowest BCUT2D eigenvalue weighted by Gasteiger charge is -2.36. The first-order valence-corrected chi connectivity index (χ1v) is 42.6. The first-order valence-electron chi connectivity index (χ1n) is 42.6. The predicted octanol–water partition coefficient (Wildman–Crippen LogP) is -4.48. The second kappa shape index (κ2) is 49.3. The number of aromatic amines is 2. The first-order chi connectivity index (χ1) is 58.4. The number of aromatic nitrogens is 2. The van der Waals surface area contributed by atoms with E-state index in [1.807, 2.05) is 0 Å². The third-order valence-corrected chi connectivity index (χ3v) is 22.3. The van der Waals surface area contributed by atoms with Crippen molar-refractivity contribution in [3.8, 4) is 0 Å². The molecular formula is C82H131N25O15. The van der Waals surface area contributed by atoms with Crippen LogP contribution in [0.1, 0.15) is 161 Å². The molecule has 3 aliphatic heterocycles. The van der Waals surface area contributed by atoms with E-state index in [-0.39, 0.29) is 174 Å². The Morgan fingerprint density at radius 3 is 1.24 bits per heavy atom. The lowest BCUT2D eigenvalue weighted by molar-refractivity contribution is -0.152. The molecule has 2 aromatic heterocycles. The Morgan fingerprint density at radius 2 is 0.795 bits per heavy atom. The second-order valence-electron chi connectivity index (χ2n) is 32.1. The highest BCUT2D eigenvalue weighted by atomic mass is 16.3. The lowest BCUT2D eigenvalue weighted by atomic mass is 9.99. The van der Waals surface area contributed by atoms with Gasteiger partial charge in [0.1, 0.15) is 84.6 Å². The van der Waals surface area contributed by atoms with Gasteiger partial charge in [0.2, 0.25) is 82.7 Å². The van der Waals surface area contributed by atoms with E-state index < -0.39 is 173 Å². The van der Waals surface area contributed by atoms with Gasteiger partial charge in [-0.25, -0.2) is 0 Å². The van der Waals surface area contributed by atoms with Crippen LogP contribution in [-0.4, -0.2) is 275 Å². The van der Waals surface area contributed by atoms with Gasteiger partial charge in [-0.15, -0.1) is 0 Å². The molecule has 674 valence electrons. The highest BCUT2D eigenvalue weighted by molar-refractivity contribution is 6.02. The number of para-hydroxylation sites is 2. The fourth-order valence-electron chi connectivity index (χ4n) is 15.6. The Balaban J connectivity index is 1.30. The summed E-state index contributed by atoms with van der Waals surface area (Å²) >= 11 is 0. The fraction of sp³-hybridized carbons (Fsp3) is 0.622. The minimum atomic E-state index is -1.76. The van der Waals surface area contributed by atoms with E-state index >= 15 is 28.8 Å². The topological polar surface area (TPSA) is 653 Å². The highest BCUT2D eigenvalue weighted by Gasteiger charge is 2.47. The molecule has 30 N–H and O–H groups in total. The van der Waals surface area contributed by atoms with E-state index in [4.69, 9.17) is 45.9 Å². The Morgan fingerprint density at radius 1 is 0.418 bits per heavy atom. The molecule has 3 fully saturated rings. The number of aliphatic hydroxyl groups is 1. The summed E-state index contributed by atoms with van der Waals surface area (Å²) in [5.74, 6) is -12.3. The first kappa shape index (κ1) is 98.2.